The molecule has 0 atom stereocenters. The highest BCUT2D eigenvalue weighted by atomic mass is 35.5. The van der Waals surface area contributed by atoms with E-state index in [-0.39, 0.29) is 17.9 Å². The molecule has 4 aromatic rings. The number of nitrogens with zero attached hydrogens (tertiary/aromatic N) is 5. The summed E-state index contributed by atoms with van der Waals surface area (Å²) in [5.74, 6) is 1.67. The van der Waals surface area contributed by atoms with Crippen molar-refractivity contribution in [1.82, 2.24) is 29.7 Å². The van der Waals surface area contributed by atoms with E-state index in [9.17, 15) is 9.59 Å². The van der Waals surface area contributed by atoms with E-state index in [4.69, 9.17) is 21.1 Å². The van der Waals surface area contributed by atoms with Crippen molar-refractivity contribution in [3.63, 3.8) is 0 Å². The number of H-pyrrole nitrogens is 1. The molecule has 47 heavy (non-hydrogen) atoms. The summed E-state index contributed by atoms with van der Waals surface area (Å²) in [7, 11) is 0. The molecule has 1 amide bonds. The van der Waals surface area contributed by atoms with Crippen LogP contribution in [0.3, 0.4) is 0 Å². The molecule has 2 aromatic heterocycles. The van der Waals surface area contributed by atoms with Crippen LogP contribution in [-0.4, -0.2) is 105 Å². The fourth-order valence-corrected chi connectivity index (χ4v) is 6.80. The van der Waals surface area contributed by atoms with E-state index in [1.807, 2.05) is 51.1 Å². The zero-order valence-electron chi connectivity index (χ0n) is 26.9. The molecule has 3 fully saturated rings. The standard InChI is InChI=1S/C35H40ClN7O4/c1-35(2,3)47-34(45)43-19-24(20-43)42-17-23(18-42)41-13-11-22(12-14-41)40-33-30-28(16-37-32(30)38-21-39-33)31(44)27-10-9-26(15-29(27)36)46-25-7-5-4-6-8-25/h4-10,15-16,21-24H,11-14,17-20H2,1-3H3,(H2,37,38,39,40). The normalized spacial score (nSPS) is 18.5. The molecule has 2 N–H and O–H groups in total. The summed E-state index contributed by atoms with van der Waals surface area (Å²) in [4.78, 5) is 44.9. The average Bonchev–Trinajstić information content (AvgIpc) is 3.43. The highest BCUT2D eigenvalue weighted by molar-refractivity contribution is 6.35. The molecule has 3 saturated heterocycles. The second kappa shape index (κ2) is 12.8. The molecule has 0 aliphatic carbocycles. The predicted molar refractivity (Wildman–Crippen MR) is 180 cm³/mol. The Morgan fingerprint density at radius 2 is 1.64 bits per heavy atom. The summed E-state index contributed by atoms with van der Waals surface area (Å²) < 4.78 is 11.4. The number of piperidine rings is 1. The molecule has 12 heteroatoms. The molecule has 5 heterocycles. The van der Waals surface area contributed by atoms with Crippen LogP contribution >= 0.6 is 11.6 Å². The van der Waals surface area contributed by atoms with Gasteiger partial charge in [-0.05, 0) is 57.9 Å². The van der Waals surface area contributed by atoms with Gasteiger partial charge in [-0.15, -0.1) is 0 Å². The third kappa shape index (κ3) is 6.79. The first-order valence-electron chi connectivity index (χ1n) is 16.2. The lowest BCUT2D eigenvalue weighted by Crippen LogP contribution is -2.70. The molecule has 0 bridgehead atoms. The Bertz CT molecular complexity index is 1750. The van der Waals surface area contributed by atoms with Crippen LogP contribution in [-0.2, 0) is 4.74 Å². The molecule has 0 unspecified atom stereocenters. The summed E-state index contributed by atoms with van der Waals surface area (Å²) in [5, 5.41) is 4.59. The van der Waals surface area contributed by atoms with Crippen molar-refractivity contribution in [2.24, 2.45) is 0 Å². The van der Waals surface area contributed by atoms with Gasteiger partial charge in [0.25, 0.3) is 0 Å². The molecule has 3 aliphatic heterocycles. The number of rotatable bonds is 8. The highest BCUT2D eigenvalue weighted by Gasteiger charge is 2.43. The van der Waals surface area contributed by atoms with Crippen molar-refractivity contribution in [3.8, 4) is 11.5 Å². The number of hydrogen-bond acceptors (Lipinski definition) is 9. The minimum atomic E-state index is -0.466. The summed E-state index contributed by atoms with van der Waals surface area (Å²) in [6.07, 6.45) is 4.92. The second-order valence-corrected chi connectivity index (χ2v) is 14.0. The van der Waals surface area contributed by atoms with Crippen LogP contribution in [0.15, 0.2) is 61.1 Å². The van der Waals surface area contributed by atoms with Crippen molar-refractivity contribution in [2.45, 2.75) is 57.3 Å². The molecule has 0 spiro atoms. The molecular formula is C35H40ClN7O4. The van der Waals surface area contributed by atoms with Gasteiger partial charge in [0.15, 0.2) is 5.78 Å². The lowest BCUT2D eigenvalue weighted by Gasteiger charge is -2.54. The Hall–Kier alpha value is -4.19. The van der Waals surface area contributed by atoms with E-state index in [2.05, 4.69) is 30.1 Å². The highest BCUT2D eigenvalue weighted by Crippen LogP contribution is 2.33. The minimum absolute atomic E-state index is 0.213. The predicted octanol–water partition coefficient (Wildman–Crippen LogP) is 5.81. The number of benzene rings is 2. The molecule has 11 nitrogen and oxygen atoms in total. The van der Waals surface area contributed by atoms with Crippen molar-refractivity contribution in [1.29, 1.82) is 0 Å². The van der Waals surface area contributed by atoms with E-state index >= 15 is 0 Å². The van der Waals surface area contributed by atoms with E-state index in [1.54, 1.807) is 29.3 Å². The molecule has 0 radical (unpaired) electrons. The Balaban J connectivity index is 0.936. The van der Waals surface area contributed by atoms with Crippen LogP contribution in [0.2, 0.25) is 5.02 Å². The first-order valence-corrected chi connectivity index (χ1v) is 16.6. The minimum Gasteiger partial charge on any atom is -0.457 e. The lowest BCUT2D eigenvalue weighted by molar-refractivity contribution is -0.0608. The number of nitrogens with one attached hydrogen (secondary N) is 2. The summed E-state index contributed by atoms with van der Waals surface area (Å²) in [6, 6.07) is 15.7. The maximum atomic E-state index is 13.8. The number of carbonyl (C=O) groups is 2. The molecular weight excluding hydrogens is 618 g/mol. The topological polar surface area (TPSA) is 116 Å². The first kappa shape index (κ1) is 31.4. The van der Waals surface area contributed by atoms with Gasteiger partial charge in [-0.25, -0.2) is 14.8 Å². The van der Waals surface area contributed by atoms with E-state index < -0.39 is 5.60 Å². The molecule has 2 aromatic carbocycles. The van der Waals surface area contributed by atoms with Gasteiger partial charge in [-0.2, -0.15) is 0 Å². The first-order chi connectivity index (χ1) is 22.6. The van der Waals surface area contributed by atoms with E-state index in [1.165, 1.54) is 6.33 Å². The number of fused-ring (bicyclic) bond motifs is 1. The smallest absolute Gasteiger partial charge is 0.410 e. The third-order valence-corrected chi connectivity index (χ3v) is 9.50. The van der Waals surface area contributed by atoms with Crippen LogP contribution in [0.4, 0.5) is 10.6 Å². The average molecular weight is 658 g/mol. The van der Waals surface area contributed by atoms with Crippen molar-refractivity contribution < 1.29 is 19.1 Å². The number of para-hydroxylation sites is 1. The largest absolute Gasteiger partial charge is 0.457 e. The van der Waals surface area contributed by atoms with Crippen molar-refractivity contribution in [2.75, 3.05) is 44.6 Å². The molecule has 3 aliphatic rings. The van der Waals surface area contributed by atoms with Crippen LogP contribution in [0.25, 0.3) is 11.0 Å². The molecule has 7 rings (SSSR count). The van der Waals surface area contributed by atoms with E-state index in [0.29, 0.717) is 56.6 Å². The van der Waals surface area contributed by atoms with Crippen LogP contribution in [0.1, 0.15) is 49.5 Å². The number of ketones is 1. The number of carbonyl (C=O) groups excluding carboxylic acids is 2. The Morgan fingerprint density at radius 1 is 0.915 bits per heavy atom. The number of ether oxygens (including phenoxy) is 2. The van der Waals surface area contributed by atoms with Gasteiger partial charge in [-0.1, -0.05) is 29.8 Å². The number of aromatic nitrogens is 3. The van der Waals surface area contributed by atoms with Crippen molar-refractivity contribution >= 4 is 40.3 Å². The quantitative estimate of drug-likeness (QED) is 0.226. The summed E-state index contributed by atoms with van der Waals surface area (Å²) >= 11 is 6.60. The Morgan fingerprint density at radius 3 is 2.34 bits per heavy atom. The number of anilines is 1. The molecule has 0 saturated carbocycles. The number of amides is 1. The number of halogens is 1. The summed E-state index contributed by atoms with van der Waals surface area (Å²) in [6.45, 7) is 11.2. The fourth-order valence-electron chi connectivity index (χ4n) is 6.55. The van der Waals surface area contributed by atoms with Gasteiger partial charge in [0.05, 0.1) is 16.0 Å². The van der Waals surface area contributed by atoms with Crippen LogP contribution < -0.4 is 10.1 Å². The maximum Gasteiger partial charge on any atom is 0.410 e. The number of likely N-dealkylation sites (tertiary alicyclic amines) is 3. The Kier molecular flexibility index (Phi) is 8.54. The van der Waals surface area contributed by atoms with Crippen LogP contribution in [0, 0.1) is 0 Å². The number of hydrogen-bond donors (Lipinski definition) is 2. The second-order valence-electron chi connectivity index (χ2n) is 13.6. The zero-order valence-corrected chi connectivity index (χ0v) is 27.7. The van der Waals surface area contributed by atoms with E-state index in [0.717, 1.165) is 52.1 Å². The Labute approximate surface area is 279 Å². The van der Waals surface area contributed by atoms with Crippen LogP contribution in [0.5, 0.6) is 11.5 Å². The van der Waals surface area contributed by atoms with Crippen molar-refractivity contribution in [3.05, 3.63) is 77.2 Å². The zero-order chi connectivity index (χ0) is 32.7. The van der Waals surface area contributed by atoms with Gasteiger partial charge in [0.1, 0.15) is 34.9 Å². The SMILES string of the molecule is CC(C)(C)OC(=O)N1CC(N2CC(N3CCC(Nc4ncnc5[nH]cc(C(=O)c6ccc(Oc7ccccc7)cc6Cl)c45)CC3)C2)C1. The monoisotopic (exact) mass is 657 g/mol. The maximum absolute atomic E-state index is 13.8. The summed E-state index contributed by atoms with van der Waals surface area (Å²) in [5.41, 5.74) is 0.978. The van der Waals surface area contributed by atoms with Gasteiger partial charge in [-0.3, -0.25) is 14.6 Å². The van der Waals surface area contributed by atoms with Gasteiger partial charge < -0.3 is 24.7 Å². The van der Waals surface area contributed by atoms with Gasteiger partial charge >= 0.3 is 6.09 Å². The third-order valence-electron chi connectivity index (χ3n) is 9.19. The van der Waals surface area contributed by atoms with Gasteiger partial charge in [0, 0.05) is 75.2 Å². The number of aromatic amines is 1. The fraction of sp³-hybridized carbons (Fsp3) is 0.429. The van der Waals surface area contributed by atoms with Gasteiger partial charge in [0.2, 0.25) is 0 Å². The molecule has 246 valence electrons. The lowest BCUT2D eigenvalue weighted by atomic mass is 9.96.